The van der Waals surface area contributed by atoms with Gasteiger partial charge in [-0.2, -0.15) is 0 Å². The molecule has 0 bridgehead atoms. The van der Waals surface area contributed by atoms with E-state index in [-0.39, 0.29) is 5.91 Å². The topological polar surface area (TPSA) is 54.9 Å². The van der Waals surface area contributed by atoms with Crippen molar-refractivity contribution in [2.45, 2.75) is 6.42 Å². The van der Waals surface area contributed by atoms with Crippen molar-refractivity contribution in [3.05, 3.63) is 66.2 Å². The second-order valence-corrected chi connectivity index (χ2v) is 9.13. The number of anilines is 1. The molecule has 1 saturated heterocycles. The largest absolute Gasteiger partial charge is 0.497 e. The zero-order valence-corrected chi connectivity index (χ0v) is 19.5. The van der Waals surface area contributed by atoms with Crippen LogP contribution < -0.4 is 9.64 Å². The van der Waals surface area contributed by atoms with E-state index in [2.05, 4.69) is 4.90 Å². The molecule has 0 N–H and O–H groups in total. The van der Waals surface area contributed by atoms with Gasteiger partial charge in [-0.1, -0.05) is 47.7 Å². The second kappa shape index (κ2) is 9.87. The zero-order chi connectivity index (χ0) is 22.6. The Kier molecular flexibility index (Phi) is 6.53. The number of thiazole rings is 1. The van der Waals surface area contributed by atoms with Crippen LogP contribution in [0.25, 0.3) is 21.0 Å². The lowest BCUT2D eigenvalue weighted by Crippen LogP contribution is -2.39. The molecule has 0 radical (unpaired) electrons. The van der Waals surface area contributed by atoms with Gasteiger partial charge in [-0.15, -0.1) is 0 Å². The van der Waals surface area contributed by atoms with Gasteiger partial charge in [-0.05, 0) is 35.4 Å². The van der Waals surface area contributed by atoms with E-state index in [0.29, 0.717) is 12.1 Å². The first kappa shape index (κ1) is 21.8. The molecule has 1 aliphatic rings. The molecule has 3 aromatic carbocycles. The number of methoxy groups -OCH3 is 1. The SMILES string of the molecule is COc1ccc2sc(N(CCCN3CCOCC3)C(=O)c3cccc4ccccc34)nc2c1. The molecule has 170 valence electrons. The summed E-state index contributed by atoms with van der Waals surface area (Å²) < 4.78 is 11.9. The van der Waals surface area contributed by atoms with Gasteiger partial charge in [-0.25, -0.2) is 4.98 Å². The number of rotatable bonds is 7. The van der Waals surface area contributed by atoms with E-state index in [4.69, 9.17) is 14.5 Å². The molecule has 2 heterocycles. The molecule has 33 heavy (non-hydrogen) atoms. The van der Waals surface area contributed by atoms with Crippen molar-refractivity contribution >= 4 is 43.4 Å². The molecular weight excluding hydrogens is 434 g/mol. The Bertz CT molecular complexity index is 1260. The van der Waals surface area contributed by atoms with Gasteiger partial charge < -0.3 is 9.47 Å². The number of ether oxygens (including phenoxy) is 2. The summed E-state index contributed by atoms with van der Waals surface area (Å²) in [6, 6.07) is 19.8. The lowest BCUT2D eigenvalue weighted by Gasteiger charge is -2.28. The van der Waals surface area contributed by atoms with Crippen molar-refractivity contribution in [3.8, 4) is 5.75 Å². The molecule has 0 spiro atoms. The average molecular weight is 462 g/mol. The fourth-order valence-electron chi connectivity index (χ4n) is 4.26. The van der Waals surface area contributed by atoms with Crippen LogP contribution in [0.2, 0.25) is 0 Å². The summed E-state index contributed by atoms with van der Waals surface area (Å²) in [5.41, 5.74) is 1.55. The third-order valence-electron chi connectivity index (χ3n) is 6.04. The number of nitrogens with zero attached hydrogens (tertiary/aromatic N) is 3. The first-order valence-corrected chi connectivity index (χ1v) is 12.1. The fraction of sp³-hybridized carbons (Fsp3) is 0.308. The highest BCUT2D eigenvalue weighted by Crippen LogP contribution is 2.33. The van der Waals surface area contributed by atoms with Gasteiger partial charge in [0, 0.05) is 37.8 Å². The van der Waals surface area contributed by atoms with Crippen molar-refractivity contribution in [2.75, 3.05) is 51.4 Å². The third-order valence-corrected chi connectivity index (χ3v) is 7.10. The maximum atomic E-state index is 13.9. The number of carbonyl (C=O) groups excluding carboxylic acids is 1. The van der Waals surface area contributed by atoms with Crippen LogP contribution in [0.4, 0.5) is 5.13 Å². The summed E-state index contributed by atoms with van der Waals surface area (Å²) in [7, 11) is 1.65. The Morgan fingerprint density at radius 1 is 1.12 bits per heavy atom. The van der Waals surface area contributed by atoms with Crippen molar-refractivity contribution in [2.24, 2.45) is 0 Å². The van der Waals surface area contributed by atoms with Crippen LogP contribution in [0.15, 0.2) is 60.7 Å². The summed E-state index contributed by atoms with van der Waals surface area (Å²) in [4.78, 5) is 22.9. The number of hydrogen-bond donors (Lipinski definition) is 0. The van der Waals surface area contributed by atoms with Gasteiger partial charge in [0.2, 0.25) is 0 Å². The molecule has 5 rings (SSSR count). The predicted octanol–water partition coefficient (Wildman–Crippen LogP) is 4.83. The van der Waals surface area contributed by atoms with E-state index in [1.54, 1.807) is 18.4 Å². The standard InChI is InChI=1S/C26H27N3O3S/c1-31-20-10-11-24-23(18-20)27-26(33-24)29(13-5-12-28-14-16-32-17-15-28)25(30)22-9-4-7-19-6-2-3-8-21(19)22/h2-4,6-11,18H,5,12-17H2,1H3. The first-order chi connectivity index (χ1) is 16.2. The van der Waals surface area contributed by atoms with Crippen molar-refractivity contribution in [3.63, 3.8) is 0 Å². The van der Waals surface area contributed by atoms with Gasteiger partial charge >= 0.3 is 0 Å². The molecule has 1 fully saturated rings. The highest BCUT2D eigenvalue weighted by molar-refractivity contribution is 7.22. The molecule has 0 unspecified atom stereocenters. The maximum absolute atomic E-state index is 13.9. The lowest BCUT2D eigenvalue weighted by atomic mass is 10.0. The van der Waals surface area contributed by atoms with Crippen LogP contribution in [0.1, 0.15) is 16.8 Å². The number of hydrogen-bond acceptors (Lipinski definition) is 6. The summed E-state index contributed by atoms with van der Waals surface area (Å²) >= 11 is 1.54. The normalized spacial score (nSPS) is 14.6. The first-order valence-electron chi connectivity index (χ1n) is 11.3. The van der Waals surface area contributed by atoms with Crippen LogP contribution in [-0.4, -0.2) is 62.3 Å². The molecule has 7 heteroatoms. The minimum absolute atomic E-state index is 0.0141. The molecule has 0 saturated carbocycles. The highest BCUT2D eigenvalue weighted by atomic mass is 32.1. The summed E-state index contributed by atoms with van der Waals surface area (Å²) in [6.07, 6.45) is 0.871. The Morgan fingerprint density at radius 2 is 1.94 bits per heavy atom. The number of benzene rings is 3. The van der Waals surface area contributed by atoms with Gasteiger partial charge in [-0.3, -0.25) is 14.6 Å². The number of fused-ring (bicyclic) bond motifs is 2. The third kappa shape index (κ3) is 4.71. The molecule has 1 aliphatic heterocycles. The van der Waals surface area contributed by atoms with E-state index < -0.39 is 0 Å². The minimum atomic E-state index is -0.0141. The van der Waals surface area contributed by atoms with E-state index in [1.165, 1.54) is 0 Å². The summed E-state index contributed by atoms with van der Waals surface area (Å²) in [6.45, 7) is 4.98. The Hall–Kier alpha value is -3.00. The number of carbonyl (C=O) groups is 1. The van der Waals surface area contributed by atoms with Crippen LogP contribution in [0.3, 0.4) is 0 Å². The Balaban J connectivity index is 1.47. The van der Waals surface area contributed by atoms with Crippen LogP contribution >= 0.6 is 11.3 Å². The average Bonchev–Trinajstić information content (AvgIpc) is 3.29. The fourth-order valence-corrected chi connectivity index (χ4v) is 5.23. The smallest absolute Gasteiger partial charge is 0.260 e. The molecule has 6 nitrogen and oxygen atoms in total. The van der Waals surface area contributed by atoms with Gasteiger partial charge in [0.1, 0.15) is 5.75 Å². The molecular formula is C26H27N3O3S. The molecule has 1 aromatic heterocycles. The van der Waals surface area contributed by atoms with Gasteiger partial charge in [0.05, 0.1) is 30.5 Å². The second-order valence-electron chi connectivity index (χ2n) is 8.12. The van der Waals surface area contributed by atoms with Gasteiger partial charge in [0.15, 0.2) is 5.13 Å². The number of amides is 1. The number of aromatic nitrogens is 1. The lowest BCUT2D eigenvalue weighted by molar-refractivity contribution is 0.0376. The highest BCUT2D eigenvalue weighted by Gasteiger charge is 2.23. The summed E-state index contributed by atoms with van der Waals surface area (Å²) in [5, 5.41) is 2.75. The van der Waals surface area contributed by atoms with Crippen molar-refractivity contribution < 1.29 is 14.3 Å². The van der Waals surface area contributed by atoms with Crippen molar-refractivity contribution in [1.29, 1.82) is 0 Å². The van der Waals surface area contributed by atoms with E-state index >= 15 is 0 Å². The summed E-state index contributed by atoms with van der Waals surface area (Å²) in [5.74, 6) is 0.749. The quantitative estimate of drug-likeness (QED) is 0.395. The molecule has 0 atom stereocenters. The van der Waals surface area contributed by atoms with E-state index in [9.17, 15) is 4.79 Å². The van der Waals surface area contributed by atoms with Crippen LogP contribution in [0, 0.1) is 0 Å². The zero-order valence-electron chi connectivity index (χ0n) is 18.7. The monoisotopic (exact) mass is 461 g/mol. The van der Waals surface area contributed by atoms with E-state index in [0.717, 1.165) is 71.1 Å². The maximum Gasteiger partial charge on any atom is 0.260 e. The van der Waals surface area contributed by atoms with Crippen LogP contribution in [0.5, 0.6) is 5.75 Å². The van der Waals surface area contributed by atoms with E-state index in [1.807, 2.05) is 65.6 Å². The van der Waals surface area contributed by atoms with Crippen molar-refractivity contribution in [1.82, 2.24) is 9.88 Å². The van der Waals surface area contributed by atoms with Crippen LogP contribution in [-0.2, 0) is 4.74 Å². The minimum Gasteiger partial charge on any atom is -0.497 e. The number of morpholine rings is 1. The molecule has 4 aromatic rings. The Labute approximate surface area is 197 Å². The Morgan fingerprint density at radius 3 is 2.79 bits per heavy atom. The van der Waals surface area contributed by atoms with Gasteiger partial charge in [0.25, 0.3) is 5.91 Å². The molecule has 0 aliphatic carbocycles. The predicted molar refractivity (Wildman–Crippen MR) is 134 cm³/mol. The molecule has 1 amide bonds.